The first-order valence-electron chi connectivity index (χ1n) is 5.19. The highest BCUT2D eigenvalue weighted by atomic mass is 35.5. The van der Waals surface area contributed by atoms with E-state index >= 15 is 0 Å². The quantitative estimate of drug-likeness (QED) is 0.909. The highest BCUT2D eigenvalue weighted by Gasteiger charge is 2.08. The van der Waals surface area contributed by atoms with Crippen LogP contribution in [0, 0.1) is 6.92 Å². The van der Waals surface area contributed by atoms with Crippen LogP contribution >= 0.6 is 11.6 Å². The molecule has 0 saturated carbocycles. The van der Waals surface area contributed by atoms with E-state index < -0.39 is 0 Å². The van der Waals surface area contributed by atoms with E-state index in [1.165, 1.54) is 6.20 Å². The standard InChI is InChI=1S/C12H12ClN3O/c1-9-11(13)7-14-16(9)8-12(17)15-10-5-3-2-4-6-10/h2-7H,8H2,1H3,(H,15,17). The number of nitrogens with zero attached hydrogens (tertiary/aromatic N) is 2. The number of hydrogen-bond acceptors (Lipinski definition) is 2. The molecule has 0 unspecified atom stereocenters. The number of carbonyl (C=O) groups excluding carboxylic acids is 1. The van der Waals surface area contributed by atoms with Crippen molar-refractivity contribution in [2.75, 3.05) is 5.32 Å². The van der Waals surface area contributed by atoms with Crippen molar-refractivity contribution in [3.8, 4) is 0 Å². The summed E-state index contributed by atoms with van der Waals surface area (Å²) in [7, 11) is 0. The molecule has 0 aliphatic carbocycles. The van der Waals surface area contributed by atoms with Crippen LogP contribution in [0.1, 0.15) is 5.69 Å². The fourth-order valence-electron chi connectivity index (χ4n) is 1.44. The van der Waals surface area contributed by atoms with Crippen LogP contribution in [0.2, 0.25) is 5.02 Å². The van der Waals surface area contributed by atoms with Gasteiger partial charge < -0.3 is 5.32 Å². The number of anilines is 1. The minimum absolute atomic E-state index is 0.126. The minimum atomic E-state index is -0.126. The monoisotopic (exact) mass is 249 g/mol. The van der Waals surface area contributed by atoms with Crippen molar-refractivity contribution in [3.05, 3.63) is 47.2 Å². The fourth-order valence-corrected chi connectivity index (χ4v) is 1.58. The second-order valence-corrected chi connectivity index (χ2v) is 4.06. The average Bonchev–Trinajstić information content (AvgIpc) is 2.62. The molecule has 0 aliphatic rings. The lowest BCUT2D eigenvalue weighted by Crippen LogP contribution is -2.20. The highest BCUT2D eigenvalue weighted by molar-refractivity contribution is 6.31. The highest BCUT2D eigenvalue weighted by Crippen LogP contribution is 2.13. The lowest BCUT2D eigenvalue weighted by molar-refractivity contribution is -0.116. The number of para-hydroxylation sites is 1. The largest absolute Gasteiger partial charge is 0.324 e. The number of rotatable bonds is 3. The molecule has 0 atom stereocenters. The maximum atomic E-state index is 11.7. The van der Waals surface area contributed by atoms with Crippen LogP contribution in [-0.2, 0) is 11.3 Å². The molecule has 0 bridgehead atoms. The number of hydrogen-bond donors (Lipinski definition) is 1. The Morgan fingerprint density at radius 1 is 1.41 bits per heavy atom. The van der Waals surface area contributed by atoms with Crippen molar-refractivity contribution < 1.29 is 4.79 Å². The second kappa shape index (κ2) is 5.01. The van der Waals surface area contributed by atoms with Crippen LogP contribution in [0.5, 0.6) is 0 Å². The van der Waals surface area contributed by atoms with Gasteiger partial charge in [-0.05, 0) is 19.1 Å². The topological polar surface area (TPSA) is 46.9 Å². The molecule has 0 saturated heterocycles. The summed E-state index contributed by atoms with van der Waals surface area (Å²) in [6.07, 6.45) is 1.53. The Balaban J connectivity index is 2.01. The molecule has 2 aromatic rings. The van der Waals surface area contributed by atoms with Crippen LogP contribution < -0.4 is 5.32 Å². The Kier molecular flexibility index (Phi) is 3.44. The normalized spacial score (nSPS) is 10.2. The summed E-state index contributed by atoms with van der Waals surface area (Å²) in [4.78, 5) is 11.7. The summed E-state index contributed by atoms with van der Waals surface area (Å²) >= 11 is 5.86. The number of amides is 1. The van der Waals surface area contributed by atoms with E-state index in [0.717, 1.165) is 11.4 Å². The van der Waals surface area contributed by atoms with Crippen molar-refractivity contribution in [2.45, 2.75) is 13.5 Å². The summed E-state index contributed by atoms with van der Waals surface area (Å²) in [5.41, 5.74) is 1.56. The number of carbonyl (C=O) groups is 1. The Labute approximate surface area is 104 Å². The Bertz CT molecular complexity index is 522. The van der Waals surface area contributed by atoms with Crippen LogP contribution in [0.25, 0.3) is 0 Å². The van der Waals surface area contributed by atoms with Gasteiger partial charge in [-0.2, -0.15) is 5.10 Å². The molecule has 0 radical (unpaired) electrons. The Hall–Kier alpha value is -1.81. The van der Waals surface area contributed by atoms with Gasteiger partial charge in [0.15, 0.2) is 0 Å². The molecule has 0 spiro atoms. The van der Waals surface area contributed by atoms with Crippen molar-refractivity contribution in [1.29, 1.82) is 0 Å². The third-order valence-corrected chi connectivity index (χ3v) is 2.77. The first kappa shape index (κ1) is 11.7. The van der Waals surface area contributed by atoms with Gasteiger partial charge in [0.2, 0.25) is 5.91 Å². The number of nitrogens with one attached hydrogen (secondary N) is 1. The van der Waals surface area contributed by atoms with Gasteiger partial charge in [-0.3, -0.25) is 9.48 Å². The van der Waals surface area contributed by atoms with E-state index in [9.17, 15) is 4.79 Å². The lowest BCUT2D eigenvalue weighted by Gasteiger charge is -2.06. The smallest absolute Gasteiger partial charge is 0.246 e. The average molecular weight is 250 g/mol. The molecular formula is C12H12ClN3O. The van der Waals surface area contributed by atoms with Crippen LogP contribution in [0.15, 0.2) is 36.5 Å². The minimum Gasteiger partial charge on any atom is -0.324 e. The third-order valence-electron chi connectivity index (χ3n) is 2.39. The van der Waals surface area contributed by atoms with E-state index in [4.69, 9.17) is 11.6 Å². The molecule has 17 heavy (non-hydrogen) atoms. The van der Waals surface area contributed by atoms with Gasteiger partial charge in [0.05, 0.1) is 16.9 Å². The van der Waals surface area contributed by atoms with Crippen LogP contribution in [-0.4, -0.2) is 15.7 Å². The summed E-state index contributed by atoms with van der Waals surface area (Å²) in [6.45, 7) is 1.98. The zero-order chi connectivity index (χ0) is 12.3. The first-order valence-corrected chi connectivity index (χ1v) is 5.57. The predicted octanol–water partition coefficient (Wildman–Crippen LogP) is 2.48. The van der Waals surface area contributed by atoms with Gasteiger partial charge >= 0.3 is 0 Å². The molecule has 4 nitrogen and oxygen atoms in total. The van der Waals surface area contributed by atoms with Crippen molar-refractivity contribution in [1.82, 2.24) is 9.78 Å². The van der Waals surface area contributed by atoms with Crippen molar-refractivity contribution in [3.63, 3.8) is 0 Å². The molecule has 88 valence electrons. The third kappa shape index (κ3) is 2.85. The number of halogens is 1. The van der Waals surface area contributed by atoms with E-state index in [2.05, 4.69) is 10.4 Å². The maximum absolute atomic E-state index is 11.7. The molecule has 2 rings (SSSR count). The van der Waals surface area contributed by atoms with E-state index in [1.807, 2.05) is 37.3 Å². The zero-order valence-electron chi connectivity index (χ0n) is 9.35. The molecule has 1 N–H and O–H groups in total. The second-order valence-electron chi connectivity index (χ2n) is 3.65. The summed E-state index contributed by atoms with van der Waals surface area (Å²) in [6, 6.07) is 9.30. The zero-order valence-corrected chi connectivity index (χ0v) is 10.1. The fraction of sp³-hybridized carbons (Fsp3) is 0.167. The molecule has 0 fully saturated rings. The van der Waals surface area contributed by atoms with Crippen LogP contribution in [0.3, 0.4) is 0 Å². The SMILES string of the molecule is Cc1c(Cl)cnn1CC(=O)Nc1ccccc1. The van der Waals surface area contributed by atoms with Gasteiger partial charge in [0.25, 0.3) is 0 Å². The summed E-state index contributed by atoms with van der Waals surface area (Å²) in [5, 5.41) is 7.37. The van der Waals surface area contributed by atoms with Gasteiger partial charge in [0.1, 0.15) is 6.54 Å². The van der Waals surface area contributed by atoms with E-state index in [-0.39, 0.29) is 12.5 Å². The Morgan fingerprint density at radius 3 is 2.71 bits per heavy atom. The van der Waals surface area contributed by atoms with Crippen LogP contribution in [0.4, 0.5) is 5.69 Å². The molecule has 0 aliphatic heterocycles. The predicted molar refractivity (Wildman–Crippen MR) is 67.0 cm³/mol. The van der Waals surface area contributed by atoms with E-state index in [0.29, 0.717) is 5.02 Å². The summed E-state index contributed by atoms with van der Waals surface area (Å²) in [5.74, 6) is -0.126. The molecule has 1 aromatic heterocycles. The molecule has 1 heterocycles. The maximum Gasteiger partial charge on any atom is 0.246 e. The van der Waals surface area contributed by atoms with E-state index in [1.54, 1.807) is 4.68 Å². The molecule has 5 heteroatoms. The lowest BCUT2D eigenvalue weighted by atomic mass is 10.3. The van der Waals surface area contributed by atoms with Gasteiger partial charge in [-0.15, -0.1) is 0 Å². The Morgan fingerprint density at radius 2 is 2.12 bits per heavy atom. The molecule has 1 amide bonds. The number of benzene rings is 1. The van der Waals surface area contributed by atoms with Gasteiger partial charge in [0, 0.05) is 5.69 Å². The molecule has 1 aromatic carbocycles. The van der Waals surface area contributed by atoms with Crippen molar-refractivity contribution >= 4 is 23.2 Å². The number of aromatic nitrogens is 2. The van der Waals surface area contributed by atoms with Gasteiger partial charge in [-0.1, -0.05) is 29.8 Å². The molecular weight excluding hydrogens is 238 g/mol. The summed E-state index contributed by atoms with van der Waals surface area (Å²) < 4.78 is 1.57. The first-order chi connectivity index (χ1) is 8.16. The van der Waals surface area contributed by atoms with Gasteiger partial charge in [-0.25, -0.2) is 0 Å². The van der Waals surface area contributed by atoms with Crippen molar-refractivity contribution in [2.24, 2.45) is 0 Å².